The molecule has 1 aromatic heterocycles. The Morgan fingerprint density at radius 1 is 1.55 bits per heavy atom. The average molecular weight is 276 g/mol. The maximum absolute atomic E-state index is 11.4. The topological polar surface area (TPSA) is 80.5 Å². The SMILES string of the molecule is C[C@H]1CN2C[C@H](Nc3ncccc3C(N)=O)C[C@H]2CO1. The van der Waals surface area contributed by atoms with E-state index in [1.807, 2.05) is 0 Å². The van der Waals surface area contributed by atoms with Gasteiger partial charge in [0.05, 0.1) is 18.3 Å². The second kappa shape index (κ2) is 5.38. The number of fused-ring (bicyclic) bond motifs is 1. The summed E-state index contributed by atoms with van der Waals surface area (Å²) in [6, 6.07) is 4.16. The van der Waals surface area contributed by atoms with Crippen molar-refractivity contribution < 1.29 is 9.53 Å². The van der Waals surface area contributed by atoms with Gasteiger partial charge in [0.1, 0.15) is 5.82 Å². The summed E-state index contributed by atoms with van der Waals surface area (Å²) in [7, 11) is 0. The number of carbonyl (C=O) groups excluding carboxylic acids is 1. The minimum Gasteiger partial charge on any atom is -0.376 e. The number of nitrogens with two attached hydrogens (primary N) is 1. The maximum atomic E-state index is 11.4. The molecule has 0 aliphatic carbocycles. The van der Waals surface area contributed by atoms with Gasteiger partial charge >= 0.3 is 0 Å². The molecule has 3 heterocycles. The van der Waals surface area contributed by atoms with E-state index in [-0.39, 0.29) is 6.04 Å². The molecule has 0 spiro atoms. The number of morpholine rings is 1. The molecule has 2 fully saturated rings. The average Bonchev–Trinajstić information content (AvgIpc) is 2.80. The van der Waals surface area contributed by atoms with Crippen molar-refractivity contribution >= 4 is 11.7 Å². The summed E-state index contributed by atoms with van der Waals surface area (Å²) in [6.45, 7) is 4.80. The number of rotatable bonds is 3. The van der Waals surface area contributed by atoms with Gasteiger partial charge in [-0.25, -0.2) is 4.98 Å². The van der Waals surface area contributed by atoms with Gasteiger partial charge in [-0.15, -0.1) is 0 Å². The van der Waals surface area contributed by atoms with Crippen LogP contribution < -0.4 is 11.1 Å². The van der Waals surface area contributed by atoms with Crippen LogP contribution in [0, 0.1) is 0 Å². The number of primary amides is 1. The molecule has 2 saturated heterocycles. The molecule has 6 nitrogen and oxygen atoms in total. The van der Waals surface area contributed by atoms with Crippen LogP contribution in [0.15, 0.2) is 18.3 Å². The molecule has 2 aliphatic rings. The fourth-order valence-electron chi connectivity index (χ4n) is 3.06. The third kappa shape index (κ3) is 2.62. The molecule has 0 saturated carbocycles. The lowest BCUT2D eigenvalue weighted by Gasteiger charge is -2.33. The van der Waals surface area contributed by atoms with Gasteiger partial charge in [-0.3, -0.25) is 9.69 Å². The standard InChI is InChI=1S/C14H20N4O2/c1-9-6-18-7-10(5-11(18)8-20-9)17-14-12(13(15)19)3-2-4-16-14/h2-4,9-11H,5-8H2,1H3,(H2,15,19)(H,16,17)/t9-,10+,11-/m0/s1. The zero-order chi connectivity index (χ0) is 14.1. The summed E-state index contributed by atoms with van der Waals surface area (Å²) in [5.74, 6) is 0.132. The van der Waals surface area contributed by atoms with Crippen molar-refractivity contribution in [3.05, 3.63) is 23.9 Å². The summed E-state index contributed by atoms with van der Waals surface area (Å²) in [4.78, 5) is 18.1. The summed E-state index contributed by atoms with van der Waals surface area (Å²) >= 11 is 0. The zero-order valence-electron chi connectivity index (χ0n) is 11.6. The molecule has 1 aromatic rings. The van der Waals surface area contributed by atoms with Crippen molar-refractivity contribution in [2.24, 2.45) is 5.73 Å². The Balaban J connectivity index is 1.69. The number of hydrogen-bond acceptors (Lipinski definition) is 5. The van der Waals surface area contributed by atoms with E-state index in [9.17, 15) is 4.79 Å². The van der Waals surface area contributed by atoms with Crippen molar-refractivity contribution in [3.63, 3.8) is 0 Å². The van der Waals surface area contributed by atoms with Gasteiger partial charge in [-0.1, -0.05) is 0 Å². The highest BCUT2D eigenvalue weighted by atomic mass is 16.5. The summed E-state index contributed by atoms with van der Waals surface area (Å²) in [6.07, 6.45) is 2.96. The first-order valence-electron chi connectivity index (χ1n) is 7.00. The molecular weight excluding hydrogens is 256 g/mol. The molecule has 108 valence electrons. The number of amides is 1. The molecule has 20 heavy (non-hydrogen) atoms. The first kappa shape index (κ1) is 13.3. The molecule has 3 N–H and O–H groups in total. The largest absolute Gasteiger partial charge is 0.376 e. The molecule has 0 bridgehead atoms. The number of pyridine rings is 1. The predicted octanol–water partition coefficient (Wildman–Crippen LogP) is 0.454. The fraction of sp³-hybridized carbons (Fsp3) is 0.571. The molecule has 1 amide bonds. The number of ether oxygens (including phenoxy) is 1. The monoisotopic (exact) mass is 276 g/mol. The lowest BCUT2D eigenvalue weighted by molar-refractivity contribution is -0.0390. The van der Waals surface area contributed by atoms with Gasteiger partial charge in [0.25, 0.3) is 5.91 Å². The van der Waals surface area contributed by atoms with Crippen molar-refractivity contribution in [1.29, 1.82) is 0 Å². The van der Waals surface area contributed by atoms with Crippen LogP contribution in [0.5, 0.6) is 0 Å². The molecule has 2 aliphatic heterocycles. The van der Waals surface area contributed by atoms with Crippen molar-refractivity contribution in [1.82, 2.24) is 9.88 Å². The number of nitrogens with zero attached hydrogens (tertiary/aromatic N) is 2. The van der Waals surface area contributed by atoms with Crippen molar-refractivity contribution in [3.8, 4) is 0 Å². The van der Waals surface area contributed by atoms with Crippen LogP contribution >= 0.6 is 0 Å². The Morgan fingerprint density at radius 2 is 2.40 bits per heavy atom. The first-order valence-corrected chi connectivity index (χ1v) is 7.00. The Labute approximate surface area is 118 Å². The number of carbonyl (C=O) groups is 1. The number of hydrogen-bond donors (Lipinski definition) is 2. The summed E-state index contributed by atoms with van der Waals surface area (Å²) in [5.41, 5.74) is 5.82. The smallest absolute Gasteiger partial charge is 0.252 e. The quantitative estimate of drug-likeness (QED) is 0.838. The minimum absolute atomic E-state index is 0.280. The highest BCUT2D eigenvalue weighted by Crippen LogP contribution is 2.25. The Kier molecular flexibility index (Phi) is 3.58. The van der Waals surface area contributed by atoms with E-state index < -0.39 is 5.91 Å². The lowest BCUT2D eigenvalue weighted by Crippen LogP contribution is -2.45. The van der Waals surface area contributed by atoms with E-state index in [0.717, 1.165) is 26.1 Å². The number of anilines is 1. The Bertz CT molecular complexity index is 508. The Hall–Kier alpha value is -1.66. The van der Waals surface area contributed by atoms with Crippen LogP contribution in [-0.4, -0.2) is 53.7 Å². The molecule has 3 rings (SSSR count). The number of aromatic nitrogens is 1. The first-order chi connectivity index (χ1) is 9.63. The van der Waals surface area contributed by atoms with E-state index in [1.54, 1.807) is 18.3 Å². The molecule has 6 heteroatoms. The maximum Gasteiger partial charge on any atom is 0.252 e. The van der Waals surface area contributed by atoms with Gasteiger partial charge in [-0.2, -0.15) is 0 Å². The van der Waals surface area contributed by atoms with Crippen LogP contribution in [0.3, 0.4) is 0 Å². The van der Waals surface area contributed by atoms with E-state index in [0.29, 0.717) is 23.5 Å². The number of nitrogens with one attached hydrogen (secondary N) is 1. The second-order valence-corrected chi connectivity index (χ2v) is 5.59. The van der Waals surface area contributed by atoms with Gasteiger partial charge in [-0.05, 0) is 25.5 Å². The molecule has 0 radical (unpaired) electrons. The van der Waals surface area contributed by atoms with E-state index in [4.69, 9.17) is 10.5 Å². The zero-order valence-corrected chi connectivity index (χ0v) is 11.6. The molecule has 0 unspecified atom stereocenters. The van der Waals surface area contributed by atoms with Crippen molar-refractivity contribution in [2.75, 3.05) is 25.0 Å². The van der Waals surface area contributed by atoms with Gasteiger partial charge in [0.2, 0.25) is 0 Å². The predicted molar refractivity (Wildman–Crippen MR) is 75.6 cm³/mol. The normalized spacial score (nSPS) is 29.9. The van der Waals surface area contributed by atoms with Gasteiger partial charge in [0.15, 0.2) is 0 Å². The highest BCUT2D eigenvalue weighted by molar-refractivity contribution is 5.97. The summed E-state index contributed by atoms with van der Waals surface area (Å²) in [5, 5.41) is 3.35. The van der Waals surface area contributed by atoms with E-state index >= 15 is 0 Å². The van der Waals surface area contributed by atoms with E-state index in [1.165, 1.54) is 0 Å². The minimum atomic E-state index is -0.451. The van der Waals surface area contributed by atoms with E-state index in [2.05, 4.69) is 22.1 Å². The van der Waals surface area contributed by atoms with Crippen LogP contribution in [0.1, 0.15) is 23.7 Å². The van der Waals surface area contributed by atoms with Crippen LogP contribution in [0.2, 0.25) is 0 Å². The lowest BCUT2D eigenvalue weighted by atomic mass is 10.1. The third-order valence-corrected chi connectivity index (χ3v) is 4.01. The summed E-state index contributed by atoms with van der Waals surface area (Å²) < 4.78 is 5.69. The molecule has 3 atom stereocenters. The van der Waals surface area contributed by atoms with Gasteiger partial charge < -0.3 is 15.8 Å². The third-order valence-electron chi connectivity index (χ3n) is 4.01. The Morgan fingerprint density at radius 3 is 3.20 bits per heavy atom. The van der Waals surface area contributed by atoms with Crippen LogP contribution in [-0.2, 0) is 4.74 Å². The van der Waals surface area contributed by atoms with Crippen LogP contribution in [0.25, 0.3) is 0 Å². The molecular formula is C14H20N4O2. The van der Waals surface area contributed by atoms with Crippen LogP contribution in [0.4, 0.5) is 5.82 Å². The molecule has 0 aromatic carbocycles. The van der Waals surface area contributed by atoms with Crippen molar-refractivity contribution in [2.45, 2.75) is 31.5 Å². The fourth-order valence-corrected chi connectivity index (χ4v) is 3.06. The van der Waals surface area contributed by atoms with Gasteiger partial charge in [0, 0.05) is 31.4 Å². The highest BCUT2D eigenvalue weighted by Gasteiger charge is 2.36. The second-order valence-electron chi connectivity index (χ2n) is 5.59.